The third-order valence-corrected chi connectivity index (χ3v) is 3.60. The number of likely N-dealkylation sites (N-methyl/N-ethyl adjacent to an activating group) is 1. The van der Waals surface area contributed by atoms with Gasteiger partial charge in [0, 0.05) is 32.8 Å². The molecule has 0 radical (unpaired) electrons. The van der Waals surface area contributed by atoms with E-state index in [9.17, 15) is 0 Å². The van der Waals surface area contributed by atoms with Gasteiger partial charge in [0.25, 0.3) is 0 Å². The molecule has 3 nitrogen and oxygen atoms in total. The maximum Gasteiger partial charge on any atom is 0.0474 e. The molecule has 1 unspecified atom stereocenters. The molecule has 1 aromatic carbocycles. The van der Waals surface area contributed by atoms with Crippen molar-refractivity contribution in [3.05, 3.63) is 35.4 Å². The number of nitrogens with zero attached hydrogens (tertiary/aromatic N) is 1. The van der Waals surface area contributed by atoms with Crippen LogP contribution in [0.3, 0.4) is 0 Å². The summed E-state index contributed by atoms with van der Waals surface area (Å²) in [6, 6.07) is 8.78. The van der Waals surface area contributed by atoms with Crippen LogP contribution in [0, 0.1) is 0 Å². The Labute approximate surface area is 124 Å². The van der Waals surface area contributed by atoms with E-state index >= 15 is 0 Å². The molecule has 0 aliphatic heterocycles. The lowest BCUT2D eigenvalue weighted by molar-refractivity contribution is 0.177. The zero-order valence-corrected chi connectivity index (χ0v) is 13.6. The fraction of sp³-hybridized carbons (Fsp3) is 0.647. The third kappa shape index (κ3) is 5.61. The van der Waals surface area contributed by atoms with Crippen molar-refractivity contribution in [3.63, 3.8) is 0 Å². The van der Waals surface area contributed by atoms with Crippen LogP contribution in [0.2, 0.25) is 0 Å². The van der Waals surface area contributed by atoms with E-state index in [2.05, 4.69) is 57.0 Å². The summed E-state index contributed by atoms with van der Waals surface area (Å²) in [5.41, 5.74) is 9.03. The number of nitrogens with two attached hydrogens (primary N) is 1. The topological polar surface area (TPSA) is 38.5 Å². The number of rotatable bonds is 7. The number of hydrogen-bond acceptors (Lipinski definition) is 3. The fourth-order valence-electron chi connectivity index (χ4n) is 2.24. The Morgan fingerprint density at radius 3 is 2.30 bits per heavy atom. The van der Waals surface area contributed by atoms with Gasteiger partial charge < -0.3 is 15.4 Å². The summed E-state index contributed by atoms with van der Waals surface area (Å²) in [7, 11) is 3.85. The summed E-state index contributed by atoms with van der Waals surface area (Å²) in [6.45, 7) is 9.38. The summed E-state index contributed by atoms with van der Waals surface area (Å²) < 4.78 is 5.07. The molecule has 114 valence electrons. The molecule has 2 N–H and O–H groups in total. The van der Waals surface area contributed by atoms with Gasteiger partial charge in [-0.05, 0) is 30.0 Å². The smallest absolute Gasteiger partial charge is 0.0474 e. The van der Waals surface area contributed by atoms with E-state index in [4.69, 9.17) is 10.5 Å². The highest BCUT2D eigenvalue weighted by Gasteiger charge is 2.14. The summed E-state index contributed by atoms with van der Waals surface area (Å²) >= 11 is 0. The summed E-state index contributed by atoms with van der Waals surface area (Å²) in [6.07, 6.45) is 1.04. The Morgan fingerprint density at radius 1 is 1.20 bits per heavy atom. The highest BCUT2D eigenvalue weighted by molar-refractivity contribution is 5.29. The van der Waals surface area contributed by atoms with Crippen LogP contribution in [-0.2, 0) is 10.2 Å². The fourth-order valence-corrected chi connectivity index (χ4v) is 2.24. The molecule has 0 amide bonds. The molecule has 0 saturated carbocycles. The Kier molecular flexibility index (Phi) is 6.66. The van der Waals surface area contributed by atoms with Gasteiger partial charge in [-0.3, -0.25) is 0 Å². The second-order valence-electron chi connectivity index (χ2n) is 6.59. The third-order valence-electron chi connectivity index (χ3n) is 3.60. The maximum atomic E-state index is 6.29. The van der Waals surface area contributed by atoms with Crippen molar-refractivity contribution in [1.82, 2.24) is 4.90 Å². The Hall–Kier alpha value is -0.900. The average Bonchev–Trinajstić information content (AvgIpc) is 2.38. The van der Waals surface area contributed by atoms with Crippen LogP contribution < -0.4 is 5.73 Å². The maximum absolute atomic E-state index is 6.29. The number of benzene rings is 1. The molecule has 0 saturated heterocycles. The summed E-state index contributed by atoms with van der Waals surface area (Å²) in [5, 5.41) is 0. The van der Waals surface area contributed by atoms with Crippen LogP contribution in [0.4, 0.5) is 0 Å². The van der Waals surface area contributed by atoms with E-state index in [0.29, 0.717) is 0 Å². The molecule has 0 spiro atoms. The number of ether oxygens (including phenoxy) is 1. The first-order valence-electron chi connectivity index (χ1n) is 7.38. The Balaban J connectivity index is 2.53. The van der Waals surface area contributed by atoms with Crippen molar-refractivity contribution in [2.45, 2.75) is 38.6 Å². The van der Waals surface area contributed by atoms with Crippen molar-refractivity contribution < 1.29 is 4.74 Å². The van der Waals surface area contributed by atoms with Crippen LogP contribution >= 0.6 is 0 Å². The quantitative estimate of drug-likeness (QED) is 0.779. The van der Waals surface area contributed by atoms with Crippen LogP contribution in [0.5, 0.6) is 0 Å². The van der Waals surface area contributed by atoms with Gasteiger partial charge in [0.1, 0.15) is 0 Å². The van der Waals surface area contributed by atoms with E-state index in [1.54, 1.807) is 7.11 Å². The molecule has 1 rings (SSSR count). The van der Waals surface area contributed by atoms with E-state index in [1.165, 1.54) is 11.1 Å². The first-order chi connectivity index (χ1) is 9.34. The molecule has 0 fully saturated rings. The first kappa shape index (κ1) is 17.2. The zero-order valence-electron chi connectivity index (χ0n) is 13.6. The van der Waals surface area contributed by atoms with Gasteiger partial charge in [-0.15, -0.1) is 0 Å². The van der Waals surface area contributed by atoms with Crippen molar-refractivity contribution in [2.24, 2.45) is 5.73 Å². The molecule has 3 heteroatoms. The predicted molar refractivity (Wildman–Crippen MR) is 86.1 cm³/mol. The van der Waals surface area contributed by atoms with E-state index < -0.39 is 0 Å². The molecule has 0 bridgehead atoms. The number of hydrogen-bond donors (Lipinski definition) is 1. The van der Waals surface area contributed by atoms with Crippen LogP contribution in [0.25, 0.3) is 0 Å². The standard InChI is InChI=1S/C17H30N2O/c1-17(2,3)15-9-7-14(8-10-15)16(18)13-19(4)11-6-12-20-5/h7-10,16H,6,11-13,18H2,1-5H3. The molecule has 0 aromatic heterocycles. The van der Waals surface area contributed by atoms with Crippen LogP contribution in [-0.4, -0.2) is 38.8 Å². The average molecular weight is 278 g/mol. The molecule has 1 aromatic rings. The van der Waals surface area contributed by atoms with Crippen molar-refractivity contribution in [3.8, 4) is 0 Å². The van der Waals surface area contributed by atoms with E-state index in [0.717, 1.165) is 26.1 Å². The molecule has 0 aliphatic rings. The minimum absolute atomic E-state index is 0.0663. The van der Waals surface area contributed by atoms with Gasteiger partial charge in [0.15, 0.2) is 0 Å². The minimum atomic E-state index is 0.0663. The van der Waals surface area contributed by atoms with Crippen LogP contribution in [0.1, 0.15) is 44.4 Å². The van der Waals surface area contributed by atoms with Crippen molar-refractivity contribution in [1.29, 1.82) is 0 Å². The largest absolute Gasteiger partial charge is 0.385 e. The lowest BCUT2D eigenvalue weighted by atomic mass is 9.86. The second kappa shape index (κ2) is 7.77. The predicted octanol–water partition coefficient (Wildman–Crippen LogP) is 2.95. The highest BCUT2D eigenvalue weighted by Crippen LogP contribution is 2.23. The van der Waals surface area contributed by atoms with Gasteiger partial charge in [0.05, 0.1) is 0 Å². The molecular formula is C17H30N2O. The lowest BCUT2D eigenvalue weighted by Crippen LogP contribution is -2.30. The monoisotopic (exact) mass is 278 g/mol. The molecule has 20 heavy (non-hydrogen) atoms. The van der Waals surface area contributed by atoms with Gasteiger partial charge >= 0.3 is 0 Å². The lowest BCUT2D eigenvalue weighted by Gasteiger charge is -2.23. The van der Waals surface area contributed by atoms with Gasteiger partial charge in [0.2, 0.25) is 0 Å². The Bertz CT molecular complexity index is 381. The van der Waals surface area contributed by atoms with Crippen molar-refractivity contribution >= 4 is 0 Å². The number of methoxy groups -OCH3 is 1. The molecule has 0 aliphatic carbocycles. The van der Waals surface area contributed by atoms with Crippen LogP contribution in [0.15, 0.2) is 24.3 Å². The van der Waals surface area contributed by atoms with E-state index in [-0.39, 0.29) is 11.5 Å². The molecular weight excluding hydrogens is 248 g/mol. The first-order valence-corrected chi connectivity index (χ1v) is 7.38. The summed E-state index contributed by atoms with van der Waals surface area (Å²) in [5.74, 6) is 0. The summed E-state index contributed by atoms with van der Waals surface area (Å²) in [4.78, 5) is 2.27. The Morgan fingerprint density at radius 2 is 1.80 bits per heavy atom. The molecule has 0 heterocycles. The van der Waals surface area contributed by atoms with Gasteiger partial charge in [-0.1, -0.05) is 45.0 Å². The highest BCUT2D eigenvalue weighted by atomic mass is 16.5. The van der Waals surface area contributed by atoms with Gasteiger partial charge in [-0.25, -0.2) is 0 Å². The molecule has 1 atom stereocenters. The SMILES string of the molecule is COCCCN(C)CC(N)c1ccc(C(C)(C)C)cc1. The van der Waals surface area contributed by atoms with Gasteiger partial charge in [-0.2, -0.15) is 0 Å². The van der Waals surface area contributed by atoms with Crippen molar-refractivity contribution in [2.75, 3.05) is 33.9 Å². The van der Waals surface area contributed by atoms with E-state index in [1.807, 2.05) is 0 Å². The zero-order chi connectivity index (χ0) is 15.2. The minimum Gasteiger partial charge on any atom is -0.385 e. The second-order valence-corrected chi connectivity index (χ2v) is 6.59. The normalized spacial score (nSPS) is 13.8.